The molecule has 23 heavy (non-hydrogen) atoms. The van der Waals surface area contributed by atoms with E-state index in [1.54, 1.807) is 24.3 Å². The maximum absolute atomic E-state index is 12.2. The van der Waals surface area contributed by atoms with Gasteiger partial charge in [0.05, 0.1) is 37.0 Å². The second-order valence-corrected chi connectivity index (χ2v) is 5.42. The van der Waals surface area contributed by atoms with E-state index in [-0.39, 0.29) is 25.0 Å². The first-order valence-corrected chi connectivity index (χ1v) is 7.42. The van der Waals surface area contributed by atoms with Crippen molar-refractivity contribution in [3.63, 3.8) is 0 Å². The predicted molar refractivity (Wildman–Crippen MR) is 83.9 cm³/mol. The van der Waals surface area contributed by atoms with Gasteiger partial charge in [-0.3, -0.25) is 14.5 Å². The van der Waals surface area contributed by atoms with Crippen LogP contribution in [0.15, 0.2) is 54.6 Å². The van der Waals surface area contributed by atoms with Gasteiger partial charge in [-0.05, 0) is 17.7 Å². The molecular formula is C18H17NO4. The van der Waals surface area contributed by atoms with Gasteiger partial charge in [-0.25, -0.2) is 0 Å². The van der Waals surface area contributed by atoms with Crippen molar-refractivity contribution in [1.29, 1.82) is 0 Å². The Morgan fingerprint density at radius 3 is 2.09 bits per heavy atom. The fraction of sp³-hybridized carbons (Fsp3) is 0.222. The Morgan fingerprint density at radius 2 is 1.48 bits per heavy atom. The topological polar surface area (TPSA) is 66.8 Å². The summed E-state index contributed by atoms with van der Waals surface area (Å²) in [4.78, 5) is 25.5. The first-order chi connectivity index (χ1) is 11.2. The van der Waals surface area contributed by atoms with E-state index >= 15 is 0 Å². The van der Waals surface area contributed by atoms with Crippen molar-refractivity contribution in [1.82, 2.24) is 4.90 Å². The molecule has 118 valence electrons. The van der Waals surface area contributed by atoms with Crippen LogP contribution >= 0.6 is 0 Å². The van der Waals surface area contributed by atoms with Gasteiger partial charge < -0.3 is 9.84 Å². The summed E-state index contributed by atoms with van der Waals surface area (Å²) < 4.78 is 5.44. The van der Waals surface area contributed by atoms with E-state index < -0.39 is 6.10 Å². The first kappa shape index (κ1) is 15.4. The summed E-state index contributed by atoms with van der Waals surface area (Å²) in [5, 5.41) is 10.0. The van der Waals surface area contributed by atoms with E-state index in [1.165, 1.54) is 0 Å². The summed E-state index contributed by atoms with van der Waals surface area (Å²) in [6.45, 7) is 0.365. The Balaban J connectivity index is 1.54. The molecule has 0 saturated carbocycles. The summed E-state index contributed by atoms with van der Waals surface area (Å²) in [6, 6.07) is 16.3. The van der Waals surface area contributed by atoms with E-state index in [4.69, 9.17) is 4.74 Å². The molecule has 0 aliphatic carbocycles. The van der Waals surface area contributed by atoms with Crippen LogP contribution in [0.2, 0.25) is 0 Å². The quantitative estimate of drug-likeness (QED) is 0.827. The molecule has 0 radical (unpaired) electrons. The molecule has 2 aromatic carbocycles. The van der Waals surface area contributed by atoms with E-state index in [0.717, 1.165) is 10.5 Å². The summed E-state index contributed by atoms with van der Waals surface area (Å²) in [6.07, 6.45) is -0.916. The van der Waals surface area contributed by atoms with Crippen LogP contribution in [-0.4, -0.2) is 41.1 Å². The van der Waals surface area contributed by atoms with E-state index in [2.05, 4.69) is 0 Å². The number of β-amino-alcohol motifs (C(OH)–C–C–N with tert-alkyl or cyclic N) is 1. The third-order valence-corrected chi connectivity index (χ3v) is 3.69. The van der Waals surface area contributed by atoms with Crippen molar-refractivity contribution < 1.29 is 19.4 Å². The number of ether oxygens (including phenoxy) is 1. The van der Waals surface area contributed by atoms with Crippen LogP contribution < -0.4 is 0 Å². The highest BCUT2D eigenvalue weighted by Crippen LogP contribution is 2.22. The lowest BCUT2D eigenvalue weighted by molar-refractivity contribution is 0.0120. The molecule has 3 rings (SSSR count). The monoisotopic (exact) mass is 311 g/mol. The fourth-order valence-electron chi connectivity index (χ4n) is 2.56. The van der Waals surface area contributed by atoms with Gasteiger partial charge in [0, 0.05) is 0 Å². The molecular weight excluding hydrogens is 294 g/mol. The van der Waals surface area contributed by atoms with Gasteiger partial charge in [0.25, 0.3) is 11.8 Å². The third kappa shape index (κ3) is 3.31. The maximum Gasteiger partial charge on any atom is 0.261 e. The summed E-state index contributed by atoms with van der Waals surface area (Å²) in [7, 11) is 0. The van der Waals surface area contributed by atoms with Gasteiger partial charge in [-0.15, -0.1) is 0 Å². The number of hydrogen-bond donors (Lipinski definition) is 1. The Bertz CT molecular complexity index is 679. The molecule has 1 N–H and O–H groups in total. The average Bonchev–Trinajstić information content (AvgIpc) is 2.81. The molecule has 2 aromatic rings. The van der Waals surface area contributed by atoms with Crippen molar-refractivity contribution >= 4 is 11.8 Å². The van der Waals surface area contributed by atoms with E-state index in [1.807, 2.05) is 30.3 Å². The van der Waals surface area contributed by atoms with Gasteiger partial charge in [0.1, 0.15) is 0 Å². The summed E-state index contributed by atoms with van der Waals surface area (Å²) in [5.41, 5.74) is 1.77. The fourth-order valence-corrected chi connectivity index (χ4v) is 2.56. The number of aliphatic hydroxyl groups is 1. The van der Waals surface area contributed by atoms with Crippen molar-refractivity contribution in [2.45, 2.75) is 12.7 Å². The van der Waals surface area contributed by atoms with Crippen LogP contribution in [0.5, 0.6) is 0 Å². The van der Waals surface area contributed by atoms with Crippen molar-refractivity contribution in [2.24, 2.45) is 0 Å². The molecule has 0 unspecified atom stereocenters. The normalized spacial score (nSPS) is 14.9. The average molecular weight is 311 g/mol. The number of hydrogen-bond acceptors (Lipinski definition) is 4. The summed E-state index contributed by atoms with van der Waals surface area (Å²) >= 11 is 0. The molecule has 5 nitrogen and oxygen atoms in total. The number of rotatable bonds is 6. The van der Waals surface area contributed by atoms with Crippen LogP contribution in [0.25, 0.3) is 0 Å². The van der Waals surface area contributed by atoms with Crippen molar-refractivity contribution in [3.8, 4) is 0 Å². The maximum atomic E-state index is 12.2. The van der Waals surface area contributed by atoms with Gasteiger partial charge in [0.15, 0.2) is 0 Å². The molecule has 0 fully saturated rings. The number of amides is 2. The molecule has 0 bridgehead atoms. The zero-order valence-corrected chi connectivity index (χ0v) is 12.5. The van der Waals surface area contributed by atoms with Crippen LogP contribution in [0.1, 0.15) is 26.3 Å². The number of fused-ring (bicyclic) bond motifs is 1. The van der Waals surface area contributed by atoms with Crippen LogP contribution in [0, 0.1) is 0 Å². The van der Waals surface area contributed by atoms with Crippen molar-refractivity contribution in [3.05, 3.63) is 71.3 Å². The SMILES string of the molecule is O=C1c2ccccc2C(=O)N1C[C@@H](O)COCc1ccccc1. The van der Waals surface area contributed by atoms with Crippen LogP contribution in [0.3, 0.4) is 0 Å². The Kier molecular flexibility index (Phi) is 4.50. The molecule has 1 aliphatic heterocycles. The largest absolute Gasteiger partial charge is 0.389 e. The van der Waals surface area contributed by atoms with Crippen LogP contribution in [-0.2, 0) is 11.3 Å². The number of aliphatic hydroxyl groups excluding tert-OH is 1. The van der Waals surface area contributed by atoms with Gasteiger partial charge in [-0.2, -0.15) is 0 Å². The molecule has 1 heterocycles. The molecule has 1 atom stereocenters. The van der Waals surface area contributed by atoms with E-state index in [0.29, 0.717) is 17.7 Å². The molecule has 1 aliphatic rings. The number of nitrogens with zero attached hydrogens (tertiary/aromatic N) is 1. The minimum Gasteiger partial charge on any atom is -0.389 e. The highest BCUT2D eigenvalue weighted by molar-refractivity contribution is 6.21. The molecule has 0 spiro atoms. The molecule has 5 heteroatoms. The number of carbonyl (C=O) groups is 2. The lowest BCUT2D eigenvalue weighted by atomic mass is 10.1. The first-order valence-electron chi connectivity index (χ1n) is 7.42. The number of carbonyl (C=O) groups excluding carboxylic acids is 2. The van der Waals surface area contributed by atoms with Crippen molar-refractivity contribution in [2.75, 3.05) is 13.2 Å². The lowest BCUT2D eigenvalue weighted by Crippen LogP contribution is -2.38. The second kappa shape index (κ2) is 6.73. The third-order valence-electron chi connectivity index (χ3n) is 3.69. The predicted octanol–water partition coefficient (Wildman–Crippen LogP) is 1.86. The highest BCUT2D eigenvalue weighted by atomic mass is 16.5. The lowest BCUT2D eigenvalue weighted by Gasteiger charge is -2.18. The molecule has 2 amide bonds. The Morgan fingerprint density at radius 1 is 0.913 bits per heavy atom. The number of benzene rings is 2. The van der Waals surface area contributed by atoms with Gasteiger partial charge in [0.2, 0.25) is 0 Å². The Labute approximate surface area is 134 Å². The second-order valence-electron chi connectivity index (χ2n) is 5.42. The zero-order valence-electron chi connectivity index (χ0n) is 12.5. The van der Waals surface area contributed by atoms with Gasteiger partial charge in [-0.1, -0.05) is 42.5 Å². The Hall–Kier alpha value is -2.50. The smallest absolute Gasteiger partial charge is 0.261 e. The molecule has 0 saturated heterocycles. The van der Waals surface area contributed by atoms with E-state index in [9.17, 15) is 14.7 Å². The zero-order chi connectivity index (χ0) is 16.2. The highest BCUT2D eigenvalue weighted by Gasteiger charge is 2.35. The minimum atomic E-state index is -0.916. The number of imide groups is 1. The molecule has 0 aromatic heterocycles. The minimum absolute atomic E-state index is 0.0578. The summed E-state index contributed by atoms with van der Waals surface area (Å²) in [5.74, 6) is -0.736. The van der Waals surface area contributed by atoms with Crippen LogP contribution in [0.4, 0.5) is 0 Å². The van der Waals surface area contributed by atoms with Gasteiger partial charge >= 0.3 is 0 Å². The standard InChI is InChI=1S/C18H17NO4/c20-14(12-23-11-13-6-2-1-3-7-13)10-19-17(21)15-8-4-5-9-16(15)18(19)22/h1-9,14,20H,10-12H2/t14-/m1/s1.